The van der Waals surface area contributed by atoms with E-state index in [0.29, 0.717) is 111 Å². The van der Waals surface area contributed by atoms with E-state index in [1.807, 2.05) is 12.1 Å². The number of nitrogens with one attached hydrogen (secondary N) is 1. The number of anilines is 1. The maximum atomic E-state index is 12.1. The molecular formula is C29H51NO11. The molecule has 0 aliphatic carbocycles. The largest absolute Gasteiger partial charge is 0.460 e. The maximum Gasteiger partial charge on any atom is 0.338 e. The number of benzene rings is 1. The van der Waals surface area contributed by atoms with Crippen molar-refractivity contribution >= 4 is 11.7 Å². The Balaban J connectivity index is 1.75. The molecule has 0 bridgehead atoms. The van der Waals surface area contributed by atoms with Gasteiger partial charge in [-0.25, -0.2) is 4.79 Å². The predicted octanol–water partition coefficient (Wildman–Crippen LogP) is 2.18. The van der Waals surface area contributed by atoms with Crippen molar-refractivity contribution in [3.63, 3.8) is 0 Å². The number of aliphatic hydroxyl groups is 1. The number of rotatable bonds is 31. The molecule has 0 heterocycles. The molecule has 0 fully saturated rings. The molecule has 41 heavy (non-hydrogen) atoms. The van der Waals surface area contributed by atoms with Crippen molar-refractivity contribution in [2.24, 2.45) is 0 Å². The standard InChI is InChI=1S/C29H51NO11/c1-2-3-8-30-28-6-4-27(5-7-28)29(32)41-26-25-40-24-23-39-22-21-38-20-19-37-18-17-36-16-15-35-14-13-34-12-11-33-10-9-31/h4-7,30-31H,2-3,8-26H2,1H3. The molecule has 0 unspecified atom stereocenters. The summed E-state index contributed by atoms with van der Waals surface area (Å²) in [5.41, 5.74) is 1.51. The van der Waals surface area contributed by atoms with Crippen molar-refractivity contribution in [2.75, 3.05) is 131 Å². The number of hydrogen-bond acceptors (Lipinski definition) is 12. The summed E-state index contributed by atoms with van der Waals surface area (Å²) < 4.78 is 48.2. The molecule has 12 nitrogen and oxygen atoms in total. The normalized spacial score (nSPS) is 11.2. The van der Waals surface area contributed by atoms with E-state index in [2.05, 4.69) is 12.2 Å². The minimum atomic E-state index is -0.361. The zero-order valence-corrected chi connectivity index (χ0v) is 24.7. The predicted molar refractivity (Wildman–Crippen MR) is 154 cm³/mol. The fourth-order valence-electron chi connectivity index (χ4n) is 3.12. The summed E-state index contributed by atoms with van der Waals surface area (Å²) >= 11 is 0. The average molecular weight is 590 g/mol. The highest BCUT2D eigenvalue weighted by atomic mass is 16.6. The molecule has 0 radical (unpaired) electrons. The third-order valence-corrected chi connectivity index (χ3v) is 5.28. The van der Waals surface area contributed by atoms with Crippen LogP contribution in [-0.2, 0) is 42.6 Å². The molecule has 2 N–H and O–H groups in total. The van der Waals surface area contributed by atoms with Gasteiger partial charge in [-0.3, -0.25) is 0 Å². The van der Waals surface area contributed by atoms with E-state index in [4.69, 9.17) is 47.7 Å². The fourth-order valence-corrected chi connectivity index (χ4v) is 3.12. The fraction of sp³-hybridized carbons (Fsp3) is 0.759. The molecule has 0 aromatic heterocycles. The lowest BCUT2D eigenvalue weighted by molar-refractivity contribution is -0.0249. The van der Waals surface area contributed by atoms with Crippen LogP contribution < -0.4 is 5.32 Å². The van der Waals surface area contributed by atoms with Crippen molar-refractivity contribution < 1.29 is 52.5 Å². The van der Waals surface area contributed by atoms with Gasteiger partial charge in [0.25, 0.3) is 0 Å². The van der Waals surface area contributed by atoms with Gasteiger partial charge in [0.15, 0.2) is 0 Å². The van der Waals surface area contributed by atoms with Gasteiger partial charge in [-0.15, -0.1) is 0 Å². The van der Waals surface area contributed by atoms with Crippen molar-refractivity contribution in [3.05, 3.63) is 29.8 Å². The lowest BCUT2D eigenvalue weighted by atomic mass is 10.2. The van der Waals surface area contributed by atoms with Gasteiger partial charge in [0.2, 0.25) is 0 Å². The quantitative estimate of drug-likeness (QED) is 0.0972. The monoisotopic (exact) mass is 589 g/mol. The minimum Gasteiger partial charge on any atom is -0.460 e. The smallest absolute Gasteiger partial charge is 0.338 e. The average Bonchev–Trinajstić information content (AvgIpc) is 2.99. The number of unbranched alkanes of at least 4 members (excludes halogenated alkanes) is 1. The van der Waals surface area contributed by atoms with Crippen LogP contribution in [-0.4, -0.2) is 137 Å². The first kappa shape index (κ1) is 37.2. The first-order valence-corrected chi connectivity index (χ1v) is 14.5. The van der Waals surface area contributed by atoms with Crippen molar-refractivity contribution in [1.82, 2.24) is 0 Å². The van der Waals surface area contributed by atoms with Gasteiger partial charge in [-0.2, -0.15) is 0 Å². The van der Waals surface area contributed by atoms with Crippen LogP contribution in [0, 0.1) is 0 Å². The Morgan fingerprint density at radius 1 is 0.585 bits per heavy atom. The van der Waals surface area contributed by atoms with Crippen LogP contribution in [0.3, 0.4) is 0 Å². The molecular weight excluding hydrogens is 538 g/mol. The summed E-state index contributed by atoms with van der Waals surface area (Å²) in [6.45, 7) is 10.6. The molecule has 238 valence electrons. The van der Waals surface area contributed by atoms with Crippen LogP contribution >= 0.6 is 0 Å². The molecule has 0 amide bonds. The molecule has 12 heteroatoms. The lowest BCUT2D eigenvalue weighted by Crippen LogP contribution is -2.15. The van der Waals surface area contributed by atoms with Gasteiger partial charge in [0, 0.05) is 12.2 Å². The first-order chi connectivity index (χ1) is 20.3. The van der Waals surface area contributed by atoms with Crippen LogP contribution in [0.1, 0.15) is 30.1 Å². The van der Waals surface area contributed by atoms with Gasteiger partial charge in [-0.05, 0) is 30.7 Å². The van der Waals surface area contributed by atoms with Crippen molar-refractivity contribution in [3.8, 4) is 0 Å². The van der Waals surface area contributed by atoms with Gasteiger partial charge in [0.1, 0.15) is 6.61 Å². The number of esters is 1. The Kier molecular flexibility index (Phi) is 26.8. The molecule has 1 aromatic carbocycles. The zero-order chi connectivity index (χ0) is 29.5. The van der Waals surface area contributed by atoms with E-state index in [1.54, 1.807) is 12.1 Å². The summed E-state index contributed by atoms with van der Waals surface area (Å²) in [5, 5.41) is 11.9. The van der Waals surface area contributed by atoms with Gasteiger partial charge < -0.3 is 53.1 Å². The van der Waals surface area contributed by atoms with Crippen LogP contribution in [0.25, 0.3) is 0 Å². The second-order valence-electron chi connectivity index (χ2n) is 8.62. The Bertz CT molecular complexity index is 694. The Labute approximate surface area is 244 Å². The van der Waals surface area contributed by atoms with Gasteiger partial charge >= 0.3 is 5.97 Å². The SMILES string of the molecule is CCCCNc1ccc(C(=O)OCCOCCOCCOCCOCCOCCOCCOCCOCCO)cc1. The summed E-state index contributed by atoms with van der Waals surface area (Å²) in [4.78, 5) is 12.1. The van der Waals surface area contributed by atoms with E-state index in [-0.39, 0.29) is 19.2 Å². The number of aliphatic hydroxyl groups excluding tert-OH is 1. The Morgan fingerprint density at radius 2 is 0.951 bits per heavy atom. The molecule has 0 spiro atoms. The number of hydrogen-bond donors (Lipinski definition) is 2. The second-order valence-corrected chi connectivity index (χ2v) is 8.62. The topological polar surface area (TPSA) is 132 Å². The molecule has 1 rings (SSSR count). The zero-order valence-electron chi connectivity index (χ0n) is 24.7. The van der Waals surface area contributed by atoms with E-state index >= 15 is 0 Å². The van der Waals surface area contributed by atoms with Crippen LogP contribution in [0.2, 0.25) is 0 Å². The van der Waals surface area contributed by atoms with Crippen molar-refractivity contribution in [2.45, 2.75) is 19.8 Å². The van der Waals surface area contributed by atoms with Crippen LogP contribution in [0.15, 0.2) is 24.3 Å². The highest BCUT2D eigenvalue weighted by molar-refractivity contribution is 5.89. The minimum absolute atomic E-state index is 0.0223. The summed E-state index contributed by atoms with van der Waals surface area (Å²) in [5.74, 6) is -0.361. The molecule has 0 saturated carbocycles. The third-order valence-electron chi connectivity index (χ3n) is 5.28. The highest BCUT2D eigenvalue weighted by Crippen LogP contribution is 2.10. The Hall–Kier alpha value is -1.87. The maximum absolute atomic E-state index is 12.1. The third kappa shape index (κ3) is 24.4. The first-order valence-electron chi connectivity index (χ1n) is 14.5. The van der Waals surface area contributed by atoms with Gasteiger partial charge in [0.05, 0.1) is 118 Å². The second kappa shape index (κ2) is 29.6. The number of carbonyl (C=O) groups excluding carboxylic acids is 1. The number of carbonyl (C=O) groups is 1. The molecule has 0 saturated heterocycles. The number of ether oxygens (including phenoxy) is 9. The lowest BCUT2D eigenvalue weighted by Gasteiger charge is -2.09. The van der Waals surface area contributed by atoms with Crippen LogP contribution in [0.4, 0.5) is 5.69 Å². The summed E-state index contributed by atoms with van der Waals surface area (Å²) in [7, 11) is 0. The van der Waals surface area contributed by atoms with E-state index in [9.17, 15) is 4.79 Å². The van der Waals surface area contributed by atoms with E-state index < -0.39 is 0 Å². The molecule has 0 atom stereocenters. The summed E-state index contributed by atoms with van der Waals surface area (Å²) in [6.07, 6.45) is 2.25. The van der Waals surface area contributed by atoms with Crippen molar-refractivity contribution in [1.29, 1.82) is 0 Å². The molecule has 0 aliphatic rings. The summed E-state index contributed by atoms with van der Waals surface area (Å²) in [6, 6.07) is 7.28. The molecule has 0 aliphatic heterocycles. The van der Waals surface area contributed by atoms with E-state index in [0.717, 1.165) is 25.1 Å². The van der Waals surface area contributed by atoms with Crippen LogP contribution in [0.5, 0.6) is 0 Å². The van der Waals surface area contributed by atoms with Gasteiger partial charge in [-0.1, -0.05) is 13.3 Å². The highest BCUT2D eigenvalue weighted by Gasteiger charge is 2.06. The van der Waals surface area contributed by atoms with E-state index in [1.165, 1.54) is 0 Å². The Morgan fingerprint density at radius 3 is 1.32 bits per heavy atom. The molecule has 1 aromatic rings.